The summed E-state index contributed by atoms with van der Waals surface area (Å²) in [5.74, 6) is 1.20. The van der Waals surface area contributed by atoms with Crippen molar-refractivity contribution in [2.24, 2.45) is 22.2 Å². The van der Waals surface area contributed by atoms with E-state index in [4.69, 9.17) is 10.9 Å². The monoisotopic (exact) mass is 255 g/mol. The molecule has 18 heavy (non-hydrogen) atoms. The summed E-state index contributed by atoms with van der Waals surface area (Å²) in [6.07, 6.45) is 7.51. The standard InChI is InChI=1S/C14H29N3O/c1-11-5-4-6-12(8-7-11)16-10-9-14(2,3)13(15)17-18/h11-12,16,18H,4-10H2,1-3H3,(H2,15,17). The Hall–Kier alpha value is -0.770. The molecule has 2 atom stereocenters. The van der Waals surface area contributed by atoms with E-state index in [1.54, 1.807) is 0 Å². The molecule has 0 bridgehead atoms. The van der Waals surface area contributed by atoms with Crippen LogP contribution in [0.2, 0.25) is 0 Å². The Morgan fingerprint density at radius 1 is 1.33 bits per heavy atom. The van der Waals surface area contributed by atoms with Crippen molar-refractivity contribution in [3.05, 3.63) is 0 Å². The summed E-state index contributed by atoms with van der Waals surface area (Å²) in [6, 6.07) is 0.651. The van der Waals surface area contributed by atoms with Crippen LogP contribution in [-0.4, -0.2) is 23.6 Å². The zero-order valence-electron chi connectivity index (χ0n) is 12.1. The summed E-state index contributed by atoms with van der Waals surface area (Å²) >= 11 is 0. The van der Waals surface area contributed by atoms with Gasteiger partial charge in [0, 0.05) is 11.5 Å². The molecule has 0 aromatic rings. The molecule has 106 valence electrons. The molecular formula is C14H29N3O. The SMILES string of the molecule is CC1CCCC(NCCC(C)(C)C(N)=NO)CC1. The summed E-state index contributed by atoms with van der Waals surface area (Å²) in [7, 11) is 0. The number of rotatable bonds is 5. The van der Waals surface area contributed by atoms with Crippen molar-refractivity contribution in [1.82, 2.24) is 5.32 Å². The number of amidine groups is 1. The maximum absolute atomic E-state index is 8.73. The lowest BCUT2D eigenvalue weighted by atomic mass is 9.88. The Labute approximate surface area is 111 Å². The third-order valence-electron chi connectivity index (χ3n) is 4.24. The Morgan fingerprint density at radius 3 is 2.72 bits per heavy atom. The van der Waals surface area contributed by atoms with Gasteiger partial charge in [-0.25, -0.2) is 0 Å². The van der Waals surface area contributed by atoms with Crippen LogP contribution in [0.3, 0.4) is 0 Å². The van der Waals surface area contributed by atoms with E-state index < -0.39 is 0 Å². The fraction of sp³-hybridized carbons (Fsp3) is 0.929. The van der Waals surface area contributed by atoms with Crippen LogP contribution in [0.1, 0.15) is 59.3 Å². The number of nitrogens with two attached hydrogens (primary N) is 1. The minimum Gasteiger partial charge on any atom is -0.409 e. The largest absolute Gasteiger partial charge is 0.409 e. The van der Waals surface area contributed by atoms with E-state index in [1.807, 2.05) is 13.8 Å². The van der Waals surface area contributed by atoms with Crippen molar-refractivity contribution in [2.45, 2.75) is 65.3 Å². The molecule has 0 radical (unpaired) electrons. The molecule has 0 aromatic carbocycles. The molecule has 0 aliphatic heterocycles. The summed E-state index contributed by atoms with van der Waals surface area (Å²) in [4.78, 5) is 0. The van der Waals surface area contributed by atoms with Gasteiger partial charge in [0.1, 0.15) is 5.84 Å². The molecule has 0 saturated heterocycles. The van der Waals surface area contributed by atoms with Crippen molar-refractivity contribution in [1.29, 1.82) is 0 Å². The fourth-order valence-corrected chi connectivity index (χ4v) is 2.54. The second-order valence-corrected chi connectivity index (χ2v) is 6.38. The van der Waals surface area contributed by atoms with Crippen LogP contribution in [-0.2, 0) is 0 Å². The van der Waals surface area contributed by atoms with Gasteiger partial charge in [-0.3, -0.25) is 0 Å². The third-order valence-corrected chi connectivity index (χ3v) is 4.24. The minimum atomic E-state index is -0.236. The molecule has 1 fully saturated rings. The van der Waals surface area contributed by atoms with Crippen LogP contribution in [0.25, 0.3) is 0 Å². The topological polar surface area (TPSA) is 70.6 Å². The number of nitrogens with one attached hydrogen (secondary N) is 1. The summed E-state index contributed by atoms with van der Waals surface area (Å²) in [6.45, 7) is 7.31. The Balaban J connectivity index is 2.29. The first-order chi connectivity index (χ1) is 8.45. The van der Waals surface area contributed by atoms with E-state index in [-0.39, 0.29) is 5.41 Å². The highest BCUT2D eigenvalue weighted by atomic mass is 16.4. The molecule has 4 heteroatoms. The average Bonchev–Trinajstić information content (AvgIpc) is 2.53. The van der Waals surface area contributed by atoms with Gasteiger partial charge in [0.15, 0.2) is 0 Å². The molecule has 4 nitrogen and oxygen atoms in total. The first-order valence-corrected chi connectivity index (χ1v) is 7.17. The second kappa shape index (κ2) is 6.98. The van der Waals surface area contributed by atoms with Gasteiger partial charge < -0.3 is 16.3 Å². The van der Waals surface area contributed by atoms with Crippen LogP contribution in [0, 0.1) is 11.3 Å². The highest BCUT2D eigenvalue weighted by Gasteiger charge is 2.24. The number of hydrogen-bond acceptors (Lipinski definition) is 3. The average molecular weight is 255 g/mol. The lowest BCUT2D eigenvalue weighted by Crippen LogP contribution is -2.37. The number of hydrogen-bond donors (Lipinski definition) is 3. The van der Waals surface area contributed by atoms with Crippen LogP contribution >= 0.6 is 0 Å². The van der Waals surface area contributed by atoms with Crippen molar-refractivity contribution >= 4 is 5.84 Å². The van der Waals surface area contributed by atoms with Gasteiger partial charge in [-0.1, -0.05) is 38.8 Å². The van der Waals surface area contributed by atoms with E-state index in [0.29, 0.717) is 11.9 Å². The minimum absolute atomic E-state index is 0.236. The van der Waals surface area contributed by atoms with Crippen LogP contribution in [0.5, 0.6) is 0 Å². The van der Waals surface area contributed by atoms with Crippen LogP contribution in [0.15, 0.2) is 5.16 Å². The highest BCUT2D eigenvalue weighted by Crippen LogP contribution is 2.23. The van der Waals surface area contributed by atoms with Gasteiger partial charge in [0.05, 0.1) is 0 Å². The molecule has 1 aliphatic rings. The fourth-order valence-electron chi connectivity index (χ4n) is 2.54. The molecule has 0 amide bonds. The van der Waals surface area contributed by atoms with Crippen molar-refractivity contribution in [3.8, 4) is 0 Å². The van der Waals surface area contributed by atoms with E-state index in [0.717, 1.165) is 18.9 Å². The lowest BCUT2D eigenvalue weighted by Gasteiger charge is -2.24. The predicted octanol–water partition coefficient (Wildman–Crippen LogP) is 2.71. The molecule has 0 spiro atoms. The molecular weight excluding hydrogens is 226 g/mol. The predicted molar refractivity (Wildman–Crippen MR) is 75.8 cm³/mol. The zero-order valence-corrected chi connectivity index (χ0v) is 12.1. The molecule has 4 N–H and O–H groups in total. The molecule has 1 saturated carbocycles. The highest BCUT2D eigenvalue weighted by molar-refractivity contribution is 5.85. The third kappa shape index (κ3) is 4.84. The van der Waals surface area contributed by atoms with Gasteiger partial charge in [0.25, 0.3) is 0 Å². The zero-order chi connectivity index (χ0) is 13.6. The molecule has 1 aliphatic carbocycles. The first-order valence-electron chi connectivity index (χ1n) is 7.17. The smallest absolute Gasteiger partial charge is 0.144 e. The molecule has 0 aromatic heterocycles. The van der Waals surface area contributed by atoms with Crippen molar-refractivity contribution in [3.63, 3.8) is 0 Å². The molecule has 2 unspecified atom stereocenters. The Bertz CT molecular complexity index is 276. The number of nitrogens with zero attached hydrogens (tertiary/aromatic N) is 1. The number of oxime groups is 1. The van der Waals surface area contributed by atoms with Gasteiger partial charge in [-0.2, -0.15) is 0 Å². The summed E-state index contributed by atoms with van der Waals surface area (Å²) < 4.78 is 0. The maximum atomic E-state index is 8.73. The van der Waals surface area contributed by atoms with E-state index in [2.05, 4.69) is 17.4 Å². The van der Waals surface area contributed by atoms with Crippen molar-refractivity contribution in [2.75, 3.05) is 6.54 Å². The van der Waals surface area contributed by atoms with E-state index >= 15 is 0 Å². The first kappa shape index (κ1) is 15.3. The lowest BCUT2D eigenvalue weighted by molar-refractivity contribution is 0.303. The quantitative estimate of drug-likeness (QED) is 0.232. The normalized spacial score (nSPS) is 26.9. The molecule has 1 rings (SSSR count). The van der Waals surface area contributed by atoms with E-state index in [9.17, 15) is 0 Å². The van der Waals surface area contributed by atoms with Crippen LogP contribution < -0.4 is 11.1 Å². The maximum Gasteiger partial charge on any atom is 0.144 e. The summed E-state index contributed by atoms with van der Waals surface area (Å²) in [5, 5.41) is 15.5. The van der Waals surface area contributed by atoms with Gasteiger partial charge in [-0.15, -0.1) is 0 Å². The molecule has 0 heterocycles. The van der Waals surface area contributed by atoms with Crippen molar-refractivity contribution < 1.29 is 5.21 Å². The van der Waals surface area contributed by atoms with E-state index in [1.165, 1.54) is 32.1 Å². The van der Waals surface area contributed by atoms with Crippen LogP contribution in [0.4, 0.5) is 0 Å². The second-order valence-electron chi connectivity index (χ2n) is 6.38. The van der Waals surface area contributed by atoms with Gasteiger partial charge in [0.2, 0.25) is 0 Å². The Kier molecular flexibility index (Phi) is 5.93. The van der Waals surface area contributed by atoms with Gasteiger partial charge >= 0.3 is 0 Å². The summed E-state index contributed by atoms with van der Waals surface area (Å²) in [5.41, 5.74) is 5.45. The van der Waals surface area contributed by atoms with Gasteiger partial charge in [-0.05, 0) is 38.1 Å². The Morgan fingerprint density at radius 2 is 2.06 bits per heavy atom.